The zero-order valence-corrected chi connectivity index (χ0v) is 15.3. The standard InChI is InChI=1S/C20H19NO4S/c1-14-10-12-17(13-11-14)26(24,25)21(15(2)20(22)23)19-9-5-7-16-6-3-4-8-18(16)19/h3-13,15H,1-2H3,(H,22,23). The average molecular weight is 369 g/mol. The van der Waals surface area contributed by atoms with Crippen LogP contribution in [0.5, 0.6) is 0 Å². The summed E-state index contributed by atoms with van der Waals surface area (Å²) >= 11 is 0. The van der Waals surface area contributed by atoms with Gasteiger partial charge in [0.1, 0.15) is 6.04 Å². The molecule has 0 bridgehead atoms. The van der Waals surface area contributed by atoms with E-state index < -0.39 is 22.0 Å². The number of carboxylic acid groups (broad SMARTS) is 1. The van der Waals surface area contributed by atoms with Crippen LogP contribution < -0.4 is 4.31 Å². The molecule has 1 atom stereocenters. The molecule has 0 spiro atoms. The number of carbonyl (C=O) groups is 1. The Morgan fingerprint density at radius 2 is 1.58 bits per heavy atom. The quantitative estimate of drug-likeness (QED) is 0.742. The molecule has 0 aromatic heterocycles. The van der Waals surface area contributed by atoms with E-state index in [0.29, 0.717) is 11.1 Å². The van der Waals surface area contributed by atoms with Gasteiger partial charge in [-0.1, -0.05) is 54.1 Å². The van der Waals surface area contributed by atoms with Gasteiger partial charge in [-0.2, -0.15) is 0 Å². The molecule has 3 aromatic carbocycles. The summed E-state index contributed by atoms with van der Waals surface area (Å²) in [5.41, 5.74) is 1.27. The Morgan fingerprint density at radius 3 is 2.23 bits per heavy atom. The van der Waals surface area contributed by atoms with Crippen LogP contribution in [0.1, 0.15) is 12.5 Å². The number of nitrogens with zero attached hydrogens (tertiary/aromatic N) is 1. The van der Waals surface area contributed by atoms with Crippen molar-refractivity contribution in [2.45, 2.75) is 24.8 Å². The fourth-order valence-corrected chi connectivity index (χ4v) is 4.50. The molecule has 6 heteroatoms. The predicted molar refractivity (Wildman–Crippen MR) is 102 cm³/mol. The summed E-state index contributed by atoms with van der Waals surface area (Å²) < 4.78 is 27.6. The zero-order valence-electron chi connectivity index (χ0n) is 14.5. The third kappa shape index (κ3) is 3.15. The van der Waals surface area contributed by atoms with Crippen molar-refractivity contribution in [3.63, 3.8) is 0 Å². The van der Waals surface area contributed by atoms with Crippen molar-refractivity contribution < 1.29 is 18.3 Å². The number of hydrogen-bond acceptors (Lipinski definition) is 3. The van der Waals surface area contributed by atoms with Gasteiger partial charge in [-0.15, -0.1) is 0 Å². The number of hydrogen-bond donors (Lipinski definition) is 1. The van der Waals surface area contributed by atoms with Crippen LogP contribution in [-0.4, -0.2) is 25.5 Å². The highest BCUT2D eigenvalue weighted by Gasteiger charge is 2.34. The number of rotatable bonds is 5. The molecule has 0 saturated heterocycles. The first-order valence-electron chi connectivity index (χ1n) is 8.14. The molecule has 1 N–H and O–H groups in total. The van der Waals surface area contributed by atoms with E-state index in [1.165, 1.54) is 19.1 Å². The highest BCUT2D eigenvalue weighted by Crippen LogP contribution is 2.33. The molecule has 0 aliphatic carbocycles. The third-order valence-electron chi connectivity index (χ3n) is 4.29. The maximum Gasteiger partial charge on any atom is 0.327 e. The second kappa shape index (κ2) is 6.80. The number of sulfonamides is 1. The van der Waals surface area contributed by atoms with Gasteiger partial charge in [-0.25, -0.2) is 13.2 Å². The average Bonchev–Trinajstić information content (AvgIpc) is 2.62. The van der Waals surface area contributed by atoms with Gasteiger partial charge < -0.3 is 5.11 Å². The van der Waals surface area contributed by atoms with Gasteiger partial charge in [0.05, 0.1) is 10.6 Å². The van der Waals surface area contributed by atoms with Crippen LogP contribution in [0.3, 0.4) is 0 Å². The number of fused-ring (bicyclic) bond motifs is 1. The zero-order chi connectivity index (χ0) is 18.9. The normalized spacial score (nSPS) is 12.7. The molecule has 134 valence electrons. The first-order valence-corrected chi connectivity index (χ1v) is 9.58. The lowest BCUT2D eigenvalue weighted by atomic mass is 10.1. The molecule has 26 heavy (non-hydrogen) atoms. The highest BCUT2D eigenvalue weighted by molar-refractivity contribution is 7.93. The third-order valence-corrected chi connectivity index (χ3v) is 6.19. The van der Waals surface area contributed by atoms with Crippen LogP contribution in [-0.2, 0) is 14.8 Å². The molecule has 0 aliphatic heterocycles. The lowest BCUT2D eigenvalue weighted by molar-refractivity contribution is -0.137. The molecular formula is C20H19NO4S. The van der Waals surface area contributed by atoms with Crippen LogP contribution in [0.15, 0.2) is 71.6 Å². The smallest absolute Gasteiger partial charge is 0.327 e. The molecule has 1 unspecified atom stereocenters. The van der Waals surface area contributed by atoms with Gasteiger partial charge in [-0.05, 0) is 37.4 Å². The maximum atomic E-state index is 13.3. The van der Waals surface area contributed by atoms with Gasteiger partial charge in [-0.3, -0.25) is 4.31 Å². The van der Waals surface area contributed by atoms with Crippen molar-refractivity contribution in [3.8, 4) is 0 Å². The Balaban J connectivity index is 2.26. The molecule has 0 saturated carbocycles. The summed E-state index contributed by atoms with van der Waals surface area (Å²) in [6, 6.07) is 17.6. The molecule has 3 aromatic rings. The summed E-state index contributed by atoms with van der Waals surface area (Å²) in [5, 5.41) is 11.1. The van der Waals surface area contributed by atoms with Crippen molar-refractivity contribution in [1.29, 1.82) is 0 Å². The highest BCUT2D eigenvalue weighted by atomic mass is 32.2. The summed E-state index contributed by atoms with van der Waals surface area (Å²) in [5.74, 6) is -1.21. The van der Waals surface area contributed by atoms with E-state index in [-0.39, 0.29) is 4.90 Å². The predicted octanol–water partition coefficient (Wildman–Crippen LogP) is 3.82. The molecule has 5 nitrogen and oxygen atoms in total. The van der Waals surface area contributed by atoms with Crippen LogP contribution >= 0.6 is 0 Å². The van der Waals surface area contributed by atoms with E-state index in [0.717, 1.165) is 15.3 Å². The fraction of sp³-hybridized carbons (Fsp3) is 0.150. The SMILES string of the molecule is Cc1ccc(S(=O)(=O)N(c2cccc3ccccc23)C(C)C(=O)O)cc1. The number of anilines is 1. The lowest BCUT2D eigenvalue weighted by Gasteiger charge is -2.29. The van der Waals surface area contributed by atoms with E-state index >= 15 is 0 Å². The largest absolute Gasteiger partial charge is 0.480 e. The molecule has 3 rings (SSSR count). The summed E-state index contributed by atoms with van der Waals surface area (Å²) in [6.07, 6.45) is 0. The van der Waals surface area contributed by atoms with Crippen molar-refractivity contribution in [1.82, 2.24) is 0 Å². The minimum absolute atomic E-state index is 0.0594. The monoisotopic (exact) mass is 369 g/mol. The molecule has 0 heterocycles. The van der Waals surface area contributed by atoms with Gasteiger partial charge in [0, 0.05) is 5.39 Å². The van der Waals surface area contributed by atoms with Crippen LogP contribution in [0.4, 0.5) is 5.69 Å². The van der Waals surface area contributed by atoms with Crippen LogP contribution in [0.25, 0.3) is 10.8 Å². The van der Waals surface area contributed by atoms with Crippen LogP contribution in [0.2, 0.25) is 0 Å². The molecule has 0 amide bonds. The maximum absolute atomic E-state index is 13.3. The number of benzene rings is 3. The van der Waals surface area contributed by atoms with Crippen molar-refractivity contribution in [3.05, 3.63) is 72.3 Å². The fourth-order valence-electron chi connectivity index (χ4n) is 2.87. The summed E-state index contributed by atoms with van der Waals surface area (Å²) in [7, 11) is -4.05. The Labute approximate surface area is 152 Å². The number of aryl methyl sites for hydroxylation is 1. The van der Waals surface area contributed by atoms with Crippen molar-refractivity contribution in [2.24, 2.45) is 0 Å². The topological polar surface area (TPSA) is 74.7 Å². The summed E-state index contributed by atoms with van der Waals surface area (Å²) in [6.45, 7) is 3.23. The Morgan fingerprint density at radius 1 is 0.962 bits per heavy atom. The summed E-state index contributed by atoms with van der Waals surface area (Å²) in [4.78, 5) is 11.7. The minimum Gasteiger partial charge on any atom is -0.480 e. The van der Waals surface area contributed by atoms with E-state index in [2.05, 4.69) is 0 Å². The second-order valence-corrected chi connectivity index (χ2v) is 7.94. The van der Waals surface area contributed by atoms with Crippen LogP contribution in [0, 0.1) is 6.92 Å². The van der Waals surface area contributed by atoms with Crippen molar-refractivity contribution >= 4 is 32.5 Å². The van der Waals surface area contributed by atoms with E-state index in [1.54, 1.807) is 36.4 Å². The molecular weight excluding hydrogens is 350 g/mol. The minimum atomic E-state index is -4.05. The Kier molecular flexibility index (Phi) is 4.70. The lowest BCUT2D eigenvalue weighted by Crippen LogP contribution is -2.43. The van der Waals surface area contributed by atoms with Gasteiger partial charge in [0.2, 0.25) is 0 Å². The Bertz CT molecular complexity index is 1050. The van der Waals surface area contributed by atoms with Gasteiger partial charge in [0.15, 0.2) is 0 Å². The first kappa shape index (κ1) is 17.9. The van der Waals surface area contributed by atoms with Gasteiger partial charge >= 0.3 is 5.97 Å². The molecule has 0 fully saturated rings. The van der Waals surface area contributed by atoms with Gasteiger partial charge in [0.25, 0.3) is 10.0 Å². The number of carboxylic acids is 1. The van der Waals surface area contributed by atoms with E-state index in [4.69, 9.17) is 0 Å². The van der Waals surface area contributed by atoms with Crippen molar-refractivity contribution in [2.75, 3.05) is 4.31 Å². The molecule has 0 radical (unpaired) electrons. The van der Waals surface area contributed by atoms with E-state index in [1.807, 2.05) is 25.1 Å². The first-order chi connectivity index (χ1) is 12.3. The number of aliphatic carboxylic acids is 1. The Hall–Kier alpha value is -2.86. The second-order valence-electron chi connectivity index (χ2n) is 6.13. The molecule has 0 aliphatic rings. The van der Waals surface area contributed by atoms with E-state index in [9.17, 15) is 18.3 Å².